The number of ether oxygens (including phenoxy) is 2. The van der Waals surface area contributed by atoms with Crippen molar-refractivity contribution in [3.05, 3.63) is 71.4 Å². The summed E-state index contributed by atoms with van der Waals surface area (Å²) < 4.78 is 10.7. The predicted octanol–water partition coefficient (Wildman–Crippen LogP) is 4.09. The van der Waals surface area contributed by atoms with Crippen LogP contribution in [-0.2, 0) is 13.0 Å². The Morgan fingerprint density at radius 1 is 0.897 bits per heavy atom. The molecule has 0 spiro atoms. The maximum absolute atomic E-state index is 5.37. The molecule has 0 unspecified atom stereocenters. The normalized spacial score (nSPS) is 10.5. The second-order valence-corrected chi connectivity index (χ2v) is 6.90. The molecule has 3 aromatic rings. The molecule has 1 N–H and O–H groups in total. The molecular formula is C23H28N4O2. The van der Waals surface area contributed by atoms with Gasteiger partial charge in [-0.25, -0.2) is 4.98 Å². The summed E-state index contributed by atoms with van der Waals surface area (Å²) in [5.41, 5.74) is 3.34. The number of aromatic nitrogens is 2. The van der Waals surface area contributed by atoms with Crippen molar-refractivity contribution in [3.8, 4) is 11.5 Å². The van der Waals surface area contributed by atoms with Crippen molar-refractivity contribution in [3.63, 3.8) is 0 Å². The van der Waals surface area contributed by atoms with Crippen molar-refractivity contribution in [1.82, 2.24) is 9.97 Å². The molecule has 0 aliphatic carbocycles. The summed E-state index contributed by atoms with van der Waals surface area (Å²) in [7, 11) is 5.33. The van der Waals surface area contributed by atoms with E-state index in [-0.39, 0.29) is 0 Å². The third-order valence-corrected chi connectivity index (χ3v) is 4.64. The lowest BCUT2D eigenvalue weighted by molar-refractivity contribution is 0.354. The lowest BCUT2D eigenvalue weighted by Crippen LogP contribution is -2.19. The summed E-state index contributed by atoms with van der Waals surface area (Å²) in [5, 5.41) is 3.34. The Hall–Kier alpha value is -3.28. The average Bonchev–Trinajstić information content (AvgIpc) is 2.74. The Bertz CT molecular complexity index is 931. The van der Waals surface area contributed by atoms with Gasteiger partial charge in [0.15, 0.2) is 11.5 Å². The van der Waals surface area contributed by atoms with E-state index in [1.807, 2.05) is 44.3 Å². The highest BCUT2D eigenvalue weighted by Gasteiger charge is 2.08. The molecule has 29 heavy (non-hydrogen) atoms. The second kappa shape index (κ2) is 9.78. The molecule has 0 aliphatic heterocycles. The number of anilines is 2. The van der Waals surface area contributed by atoms with Crippen LogP contribution in [0.3, 0.4) is 0 Å². The van der Waals surface area contributed by atoms with Crippen molar-refractivity contribution < 1.29 is 9.47 Å². The monoisotopic (exact) mass is 392 g/mol. The molecule has 0 aliphatic rings. The smallest absolute Gasteiger partial charge is 0.224 e. The van der Waals surface area contributed by atoms with E-state index in [0.717, 1.165) is 48.1 Å². The summed E-state index contributed by atoms with van der Waals surface area (Å²) >= 11 is 0. The van der Waals surface area contributed by atoms with Gasteiger partial charge in [0.2, 0.25) is 5.95 Å². The maximum Gasteiger partial charge on any atom is 0.224 e. The zero-order chi connectivity index (χ0) is 20.6. The third-order valence-electron chi connectivity index (χ3n) is 4.64. The van der Waals surface area contributed by atoms with Crippen molar-refractivity contribution >= 4 is 11.8 Å². The fourth-order valence-corrected chi connectivity index (χ4v) is 3.12. The Morgan fingerprint density at radius 2 is 1.66 bits per heavy atom. The van der Waals surface area contributed by atoms with E-state index in [4.69, 9.17) is 9.47 Å². The lowest BCUT2D eigenvalue weighted by atomic mass is 10.1. The predicted molar refractivity (Wildman–Crippen MR) is 117 cm³/mol. The van der Waals surface area contributed by atoms with E-state index in [0.29, 0.717) is 5.95 Å². The number of hydrogen-bond acceptors (Lipinski definition) is 6. The molecule has 0 radical (unpaired) electrons. The minimum atomic E-state index is 0.639. The van der Waals surface area contributed by atoms with Crippen molar-refractivity contribution in [2.45, 2.75) is 19.9 Å². The number of methoxy groups -OCH3 is 2. The lowest BCUT2D eigenvalue weighted by Gasteiger charge is -2.19. The van der Waals surface area contributed by atoms with Gasteiger partial charge in [0.05, 0.1) is 14.2 Å². The molecule has 3 rings (SSSR count). The highest BCUT2D eigenvalue weighted by atomic mass is 16.5. The summed E-state index contributed by atoms with van der Waals surface area (Å²) in [6.07, 6.45) is 0.826. The summed E-state index contributed by atoms with van der Waals surface area (Å²) in [6, 6.07) is 18.3. The van der Waals surface area contributed by atoms with Crippen molar-refractivity contribution in [2.75, 3.05) is 38.0 Å². The molecule has 0 saturated carbocycles. The Morgan fingerprint density at radius 3 is 2.38 bits per heavy atom. The van der Waals surface area contributed by atoms with Crippen LogP contribution in [0.25, 0.3) is 0 Å². The standard InChI is InChI=1S/C23H28N4O2/c1-17-14-22(27(2)16-19-8-6-5-7-9-19)26-23(25-17)24-13-12-18-10-11-20(28-3)21(15-18)29-4/h5-11,14-15H,12-13,16H2,1-4H3,(H,24,25,26). The van der Waals surface area contributed by atoms with Gasteiger partial charge in [-0.2, -0.15) is 4.98 Å². The van der Waals surface area contributed by atoms with Gasteiger partial charge in [0, 0.05) is 31.9 Å². The van der Waals surface area contributed by atoms with Crippen LogP contribution >= 0.6 is 0 Å². The second-order valence-electron chi connectivity index (χ2n) is 6.90. The van der Waals surface area contributed by atoms with Gasteiger partial charge in [-0.1, -0.05) is 36.4 Å². The molecule has 2 aromatic carbocycles. The van der Waals surface area contributed by atoms with Gasteiger partial charge >= 0.3 is 0 Å². The van der Waals surface area contributed by atoms with Gasteiger partial charge in [0.1, 0.15) is 5.82 Å². The zero-order valence-corrected chi connectivity index (χ0v) is 17.5. The number of aryl methyl sites for hydroxylation is 1. The van der Waals surface area contributed by atoms with Crippen molar-refractivity contribution in [2.24, 2.45) is 0 Å². The first kappa shape index (κ1) is 20.5. The molecule has 0 amide bonds. The fourth-order valence-electron chi connectivity index (χ4n) is 3.12. The first-order chi connectivity index (χ1) is 14.1. The first-order valence-electron chi connectivity index (χ1n) is 9.64. The van der Waals surface area contributed by atoms with E-state index in [2.05, 4.69) is 44.5 Å². The Balaban J connectivity index is 1.63. The number of benzene rings is 2. The molecule has 6 nitrogen and oxygen atoms in total. The summed E-state index contributed by atoms with van der Waals surface area (Å²) in [4.78, 5) is 11.3. The van der Waals surface area contributed by atoms with Crippen molar-refractivity contribution in [1.29, 1.82) is 0 Å². The molecule has 1 heterocycles. The molecule has 1 aromatic heterocycles. The topological polar surface area (TPSA) is 59.5 Å². The molecular weight excluding hydrogens is 364 g/mol. The van der Waals surface area contributed by atoms with E-state index in [1.54, 1.807) is 14.2 Å². The third kappa shape index (κ3) is 5.60. The fraction of sp³-hybridized carbons (Fsp3) is 0.304. The zero-order valence-electron chi connectivity index (χ0n) is 17.5. The van der Waals surface area contributed by atoms with E-state index < -0.39 is 0 Å². The van der Waals surface area contributed by atoms with Gasteiger partial charge in [-0.05, 0) is 36.6 Å². The van der Waals surface area contributed by atoms with E-state index in [9.17, 15) is 0 Å². The van der Waals surface area contributed by atoms with Crippen LogP contribution in [0.15, 0.2) is 54.6 Å². The van der Waals surface area contributed by atoms with Crippen LogP contribution in [0.2, 0.25) is 0 Å². The van der Waals surface area contributed by atoms with Gasteiger partial charge in [-0.3, -0.25) is 0 Å². The van der Waals surface area contributed by atoms with Crippen LogP contribution in [0.4, 0.5) is 11.8 Å². The number of rotatable bonds is 9. The van der Waals surface area contributed by atoms with Gasteiger partial charge in [-0.15, -0.1) is 0 Å². The summed E-state index contributed by atoms with van der Waals surface area (Å²) in [6.45, 7) is 3.50. The van der Waals surface area contributed by atoms with E-state index >= 15 is 0 Å². The van der Waals surface area contributed by atoms with Gasteiger partial charge < -0.3 is 19.7 Å². The highest BCUT2D eigenvalue weighted by Crippen LogP contribution is 2.27. The average molecular weight is 393 g/mol. The minimum absolute atomic E-state index is 0.639. The number of hydrogen-bond donors (Lipinski definition) is 1. The van der Waals surface area contributed by atoms with E-state index in [1.165, 1.54) is 5.56 Å². The molecule has 0 saturated heterocycles. The van der Waals surface area contributed by atoms with Crippen LogP contribution in [0, 0.1) is 6.92 Å². The highest BCUT2D eigenvalue weighted by molar-refractivity contribution is 5.45. The molecule has 0 fully saturated rings. The molecule has 6 heteroatoms. The molecule has 152 valence electrons. The van der Waals surface area contributed by atoms with Crippen LogP contribution in [-0.4, -0.2) is 37.8 Å². The number of nitrogens with zero attached hydrogens (tertiary/aromatic N) is 3. The Labute approximate surface area is 172 Å². The minimum Gasteiger partial charge on any atom is -0.493 e. The van der Waals surface area contributed by atoms with Crippen LogP contribution < -0.4 is 19.7 Å². The first-order valence-corrected chi connectivity index (χ1v) is 9.64. The van der Waals surface area contributed by atoms with Crippen LogP contribution in [0.5, 0.6) is 11.5 Å². The summed E-state index contributed by atoms with van der Waals surface area (Å²) in [5.74, 6) is 3.01. The van der Waals surface area contributed by atoms with Crippen LogP contribution in [0.1, 0.15) is 16.8 Å². The SMILES string of the molecule is COc1ccc(CCNc2nc(C)cc(N(C)Cc3ccccc3)n2)cc1OC. The molecule has 0 atom stereocenters. The number of nitrogens with one attached hydrogen (secondary N) is 1. The maximum atomic E-state index is 5.37. The molecule has 0 bridgehead atoms. The quantitative estimate of drug-likeness (QED) is 0.592. The largest absolute Gasteiger partial charge is 0.493 e. The van der Waals surface area contributed by atoms with Gasteiger partial charge in [0.25, 0.3) is 0 Å². The Kier molecular flexibility index (Phi) is 6.89.